The van der Waals surface area contributed by atoms with Crippen molar-refractivity contribution in [2.75, 3.05) is 5.32 Å². The molecule has 0 spiro atoms. The van der Waals surface area contributed by atoms with Crippen LogP contribution in [-0.2, 0) is 0 Å². The van der Waals surface area contributed by atoms with Gasteiger partial charge in [0.25, 0.3) is 5.91 Å². The van der Waals surface area contributed by atoms with E-state index in [1.807, 2.05) is 67.6 Å². The molecule has 3 aromatic carbocycles. The number of benzene rings is 3. The Morgan fingerprint density at radius 1 is 0.889 bits per heavy atom. The minimum Gasteiger partial charge on any atom is -0.360 e. The van der Waals surface area contributed by atoms with Gasteiger partial charge in [0, 0.05) is 22.8 Å². The first-order valence-electron chi connectivity index (χ1n) is 8.71. The molecule has 0 atom stereocenters. The fourth-order valence-corrected chi connectivity index (χ4v) is 3.09. The average Bonchev–Trinajstić information content (AvgIpc) is 2.70. The van der Waals surface area contributed by atoms with Crippen molar-refractivity contribution in [2.45, 2.75) is 6.92 Å². The lowest BCUT2D eigenvalue weighted by molar-refractivity contribution is 0.102. The van der Waals surface area contributed by atoms with E-state index in [0.29, 0.717) is 16.6 Å². The summed E-state index contributed by atoms with van der Waals surface area (Å²) in [5.74, 6) is -0.421. The van der Waals surface area contributed by atoms with Crippen LogP contribution in [0.2, 0.25) is 0 Å². The minimum absolute atomic E-state index is 0.0956. The Morgan fingerprint density at radius 2 is 1.63 bits per heavy atom. The molecule has 0 fully saturated rings. The highest BCUT2D eigenvalue weighted by Gasteiger charge is 2.14. The maximum Gasteiger partial charge on any atom is 0.261 e. The van der Waals surface area contributed by atoms with Gasteiger partial charge in [0.1, 0.15) is 5.56 Å². The Bertz CT molecular complexity index is 1190. The van der Waals surface area contributed by atoms with Crippen LogP contribution in [0.25, 0.3) is 22.0 Å². The number of para-hydroxylation sites is 1. The molecule has 0 aliphatic carbocycles. The monoisotopic (exact) mass is 354 g/mol. The molecular formula is C23H18N2O2. The lowest BCUT2D eigenvalue weighted by atomic mass is 10.0. The Kier molecular flexibility index (Phi) is 4.30. The summed E-state index contributed by atoms with van der Waals surface area (Å²) < 4.78 is 0. The number of hydrogen-bond donors (Lipinski definition) is 2. The van der Waals surface area contributed by atoms with Crippen LogP contribution in [0, 0.1) is 6.92 Å². The van der Waals surface area contributed by atoms with Crippen molar-refractivity contribution in [3.05, 3.63) is 100 Å². The fourth-order valence-electron chi connectivity index (χ4n) is 3.09. The van der Waals surface area contributed by atoms with E-state index in [4.69, 9.17) is 0 Å². The molecule has 0 aliphatic rings. The number of rotatable bonds is 3. The molecule has 0 saturated carbocycles. The third kappa shape index (κ3) is 3.25. The summed E-state index contributed by atoms with van der Waals surface area (Å²) in [7, 11) is 0. The SMILES string of the molecule is Cc1ccc(-c2ccccc2)cc1NC(=O)c1c[nH]c2ccccc2c1=O. The standard InChI is InChI=1S/C23H18N2O2/c1-15-11-12-17(16-7-3-2-4-8-16)13-21(15)25-23(27)19-14-24-20-10-6-5-9-18(20)22(19)26/h2-14H,1H3,(H,24,26)(H,25,27). The van der Waals surface area contributed by atoms with Gasteiger partial charge < -0.3 is 10.3 Å². The minimum atomic E-state index is -0.421. The van der Waals surface area contributed by atoms with Gasteiger partial charge in [-0.15, -0.1) is 0 Å². The zero-order valence-electron chi connectivity index (χ0n) is 14.8. The predicted molar refractivity (Wildman–Crippen MR) is 109 cm³/mol. The van der Waals surface area contributed by atoms with Crippen LogP contribution >= 0.6 is 0 Å². The van der Waals surface area contributed by atoms with E-state index in [1.165, 1.54) is 6.20 Å². The molecule has 4 rings (SSSR count). The lowest BCUT2D eigenvalue weighted by Crippen LogP contribution is -2.22. The van der Waals surface area contributed by atoms with Crippen LogP contribution in [0.3, 0.4) is 0 Å². The van der Waals surface area contributed by atoms with E-state index >= 15 is 0 Å². The molecule has 27 heavy (non-hydrogen) atoms. The van der Waals surface area contributed by atoms with Crippen molar-refractivity contribution >= 4 is 22.5 Å². The average molecular weight is 354 g/mol. The van der Waals surface area contributed by atoms with Crippen molar-refractivity contribution < 1.29 is 4.79 Å². The highest BCUT2D eigenvalue weighted by molar-refractivity contribution is 6.06. The van der Waals surface area contributed by atoms with Crippen molar-refractivity contribution in [1.29, 1.82) is 0 Å². The summed E-state index contributed by atoms with van der Waals surface area (Å²) in [6.07, 6.45) is 1.47. The Hall–Kier alpha value is -3.66. The van der Waals surface area contributed by atoms with E-state index in [0.717, 1.165) is 16.7 Å². The normalized spacial score (nSPS) is 10.7. The van der Waals surface area contributed by atoms with Crippen molar-refractivity contribution in [3.63, 3.8) is 0 Å². The van der Waals surface area contributed by atoms with Gasteiger partial charge in [0.15, 0.2) is 0 Å². The van der Waals surface area contributed by atoms with Crippen molar-refractivity contribution in [2.24, 2.45) is 0 Å². The van der Waals surface area contributed by atoms with Gasteiger partial charge in [0.05, 0.1) is 0 Å². The van der Waals surface area contributed by atoms with Crippen LogP contribution in [0.5, 0.6) is 0 Å². The lowest BCUT2D eigenvalue weighted by Gasteiger charge is -2.11. The van der Waals surface area contributed by atoms with E-state index in [9.17, 15) is 9.59 Å². The molecular weight excluding hydrogens is 336 g/mol. The number of aromatic nitrogens is 1. The first kappa shape index (κ1) is 16.8. The number of hydrogen-bond acceptors (Lipinski definition) is 2. The molecule has 4 aromatic rings. The third-order valence-electron chi connectivity index (χ3n) is 4.63. The summed E-state index contributed by atoms with van der Waals surface area (Å²) in [5.41, 5.74) is 4.22. The molecule has 4 heteroatoms. The zero-order chi connectivity index (χ0) is 18.8. The number of nitrogens with one attached hydrogen (secondary N) is 2. The van der Waals surface area contributed by atoms with Gasteiger partial charge in [-0.05, 0) is 41.8 Å². The largest absolute Gasteiger partial charge is 0.360 e. The molecule has 2 N–H and O–H groups in total. The van der Waals surface area contributed by atoms with E-state index in [2.05, 4.69) is 10.3 Å². The van der Waals surface area contributed by atoms with E-state index in [1.54, 1.807) is 12.1 Å². The molecule has 0 bridgehead atoms. The molecule has 0 aliphatic heterocycles. The second kappa shape index (κ2) is 6.92. The highest BCUT2D eigenvalue weighted by atomic mass is 16.2. The quantitative estimate of drug-likeness (QED) is 0.557. The maximum absolute atomic E-state index is 12.7. The second-order valence-electron chi connectivity index (χ2n) is 6.43. The van der Waals surface area contributed by atoms with E-state index in [-0.39, 0.29) is 11.0 Å². The fraction of sp³-hybridized carbons (Fsp3) is 0.0435. The Labute approximate surface area is 156 Å². The summed E-state index contributed by atoms with van der Waals surface area (Å²) >= 11 is 0. The van der Waals surface area contributed by atoms with Crippen LogP contribution in [0.4, 0.5) is 5.69 Å². The summed E-state index contributed by atoms with van der Waals surface area (Å²) in [6.45, 7) is 1.93. The number of anilines is 1. The number of aryl methyl sites for hydroxylation is 1. The zero-order valence-corrected chi connectivity index (χ0v) is 14.8. The number of aromatic amines is 1. The summed E-state index contributed by atoms with van der Waals surface area (Å²) in [4.78, 5) is 28.4. The molecule has 0 unspecified atom stereocenters. The molecule has 1 amide bonds. The number of carbonyl (C=O) groups excluding carboxylic acids is 1. The maximum atomic E-state index is 12.7. The number of pyridine rings is 1. The molecule has 4 nitrogen and oxygen atoms in total. The van der Waals surface area contributed by atoms with Gasteiger partial charge in [-0.25, -0.2) is 0 Å². The Balaban J connectivity index is 1.69. The number of H-pyrrole nitrogens is 1. The summed E-state index contributed by atoms with van der Waals surface area (Å²) in [6, 6.07) is 23.0. The first-order valence-corrected chi connectivity index (χ1v) is 8.71. The van der Waals surface area contributed by atoms with Crippen molar-refractivity contribution in [3.8, 4) is 11.1 Å². The van der Waals surface area contributed by atoms with Crippen LogP contribution in [-0.4, -0.2) is 10.9 Å². The highest BCUT2D eigenvalue weighted by Crippen LogP contribution is 2.25. The van der Waals surface area contributed by atoms with Crippen LogP contribution in [0.1, 0.15) is 15.9 Å². The summed E-state index contributed by atoms with van der Waals surface area (Å²) in [5, 5.41) is 3.38. The smallest absolute Gasteiger partial charge is 0.261 e. The van der Waals surface area contributed by atoms with Crippen LogP contribution < -0.4 is 10.7 Å². The molecule has 0 saturated heterocycles. The molecule has 0 radical (unpaired) electrons. The third-order valence-corrected chi connectivity index (χ3v) is 4.63. The topological polar surface area (TPSA) is 62.0 Å². The number of fused-ring (bicyclic) bond motifs is 1. The van der Waals surface area contributed by atoms with Gasteiger partial charge >= 0.3 is 0 Å². The van der Waals surface area contributed by atoms with Gasteiger partial charge in [-0.2, -0.15) is 0 Å². The molecule has 1 aromatic heterocycles. The van der Waals surface area contributed by atoms with Gasteiger partial charge in [-0.3, -0.25) is 9.59 Å². The van der Waals surface area contributed by atoms with Gasteiger partial charge in [0.2, 0.25) is 5.43 Å². The first-order chi connectivity index (χ1) is 13.1. The van der Waals surface area contributed by atoms with Crippen molar-refractivity contribution in [1.82, 2.24) is 4.98 Å². The predicted octanol–water partition coefficient (Wildman–Crippen LogP) is 4.76. The second-order valence-corrected chi connectivity index (χ2v) is 6.43. The Morgan fingerprint density at radius 3 is 2.44 bits per heavy atom. The molecule has 132 valence electrons. The van der Waals surface area contributed by atoms with Gasteiger partial charge in [-0.1, -0.05) is 54.6 Å². The van der Waals surface area contributed by atoms with Crippen LogP contribution in [0.15, 0.2) is 83.8 Å². The number of carbonyl (C=O) groups is 1. The number of amides is 1. The molecule has 1 heterocycles. The van der Waals surface area contributed by atoms with E-state index < -0.39 is 5.91 Å².